The van der Waals surface area contributed by atoms with Crippen molar-refractivity contribution in [2.24, 2.45) is 0 Å². The number of unbranched alkanes of at least 4 members (excludes halogenated alkanes) is 1. The Bertz CT molecular complexity index is 403. The molecule has 2 nitrogen and oxygen atoms in total. The minimum absolute atomic E-state index is 1.08. The van der Waals surface area contributed by atoms with Gasteiger partial charge in [0.15, 0.2) is 0 Å². The molecule has 15 heavy (non-hydrogen) atoms. The van der Waals surface area contributed by atoms with Crippen molar-refractivity contribution < 1.29 is 0 Å². The van der Waals surface area contributed by atoms with E-state index in [1.165, 1.54) is 18.5 Å². The average Bonchev–Trinajstić information content (AvgIpc) is 2.76. The molecule has 0 saturated heterocycles. The lowest BCUT2D eigenvalue weighted by molar-refractivity contribution is 0.752. The highest BCUT2D eigenvalue weighted by molar-refractivity contribution is 5.30. The molecule has 1 heterocycles. The summed E-state index contributed by atoms with van der Waals surface area (Å²) in [5.74, 6) is 0. The number of para-hydroxylation sites is 1. The molecule has 0 radical (unpaired) electrons. The van der Waals surface area contributed by atoms with Gasteiger partial charge in [-0.05, 0) is 31.0 Å². The van der Waals surface area contributed by atoms with Gasteiger partial charge in [-0.25, -0.2) is 4.68 Å². The normalized spacial score (nSPS) is 10.5. The summed E-state index contributed by atoms with van der Waals surface area (Å²) < 4.78 is 1.94. The van der Waals surface area contributed by atoms with Crippen LogP contribution in [-0.2, 0) is 6.42 Å². The largest absolute Gasteiger partial charge is 0.241 e. The Morgan fingerprint density at radius 1 is 1.13 bits per heavy atom. The summed E-state index contributed by atoms with van der Waals surface area (Å²) in [4.78, 5) is 0. The van der Waals surface area contributed by atoms with Gasteiger partial charge in [0.05, 0.1) is 11.4 Å². The molecular formula is C13H16N2. The molecule has 0 N–H and O–H groups in total. The number of aryl methyl sites for hydroxylation is 1. The van der Waals surface area contributed by atoms with Gasteiger partial charge in [0.1, 0.15) is 0 Å². The fourth-order valence-corrected chi connectivity index (χ4v) is 1.58. The minimum atomic E-state index is 1.08. The first kappa shape index (κ1) is 9.97. The molecule has 0 spiro atoms. The van der Waals surface area contributed by atoms with Gasteiger partial charge in [-0.3, -0.25) is 0 Å². The molecule has 0 bridgehead atoms. The van der Waals surface area contributed by atoms with Crippen LogP contribution in [0.4, 0.5) is 0 Å². The smallest absolute Gasteiger partial charge is 0.0645 e. The topological polar surface area (TPSA) is 17.8 Å². The van der Waals surface area contributed by atoms with Crippen LogP contribution >= 0.6 is 0 Å². The molecule has 0 aliphatic rings. The van der Waals surface area contributed by atoms with Gasteiger partial charge >= 0.3 is 0 Å². The molecule has 0 amide bonds. The van der Waals surface area contributed by atoms with E-state index in [0.29, 0.717) is 0 Å². The Morgan fingerprint density at radius 3 is 2.67 bits per heavy atom. The van der Waals surface area contributed by atoms with Crippen molar-refractivity contribution in [2.75, 3.05) is 0 Å². The quantitative estimate of drug-likeness (QED) is 0.741. The Hall–Kier alpha value is -1.57. The number of rotatable bonds is 4. The SMILES string of the molecule is CCCCc1ccn(-c2ccccc2)n1. The predicted molar refractivity (Wildman–Crippen MR) is 62.2 cm³/mol. The van der Waals surface area contributed by atoms with Crippen molar-refractivity contribution >= 4 is 0 Å². The molecule has 0 saturated carbocycles. The van der Waals surface area contributed by atoms with Crippen molar-refractivity contribution in [2.45, 2.75) is 26.2 Å². The number of aromatic nitrogens is 2. The highest BCUT2D eigenvalue weighted by atomic mass is 15.3. The standard InChI is InChI=1S/C13H16N2/c1-2-3-7-12-10-11-15(14-12)13-8-5-4-6-9-13/h4-6,8-11H,2-3,7H2,1H3. The van der Waals surface area contributed by atoms with Gasteiger partial charge in [-0.1, -0.05) is 31.5 Å². The molecule has 0 unspecified atom stereocenters. The van der Waals surface area contributed by atoms with E-state index in [-0.39, 0.29) is 0 Å². The molecule has 1 aromatic carbocycles. The molecular weight excluding hydrogens is 184 g/mol. The average molecular weight is 200 g/mol. The van der Waals surface area contributed by atoms with Gasteiger partial charge in [0.2, 0.25) is 0 Å². The van der Waals surface area contributed by atoms with Crippen molar-refractivity contribution in [3.8, 4) is 5.69 Å². The van der Waals surface area contributed by atoms with E-state index in [4.69, 9.17) is 0 Å². The molecule has 0 atom stereocenters. The van der Waals surface area contributed by atoms with Gasteiger partial charge in [0, 0.05) is 6.20 Å². The van der Waals surface area contributed by atoms with Crippen LogP contribution in [0.15, 0.2) is 42.6 Å². The first-order chi connectivity index (χ1) is 7.40. The maximum Gasteiger partial charge on any atom is 0.0645 e. The van der Waals surface area contributed by atoms with E-state index in [1.807, 2.05) is 29.1 Å². The molecule has 78 valence electrons. The first-order valence-corrected chi connectivity index (χ1v) is 5.50. The maximum atomic E-state index is 4.53. The second-order valence-corrected chi connectivity index (χ2v) is 3.69. The molecule has 1 aromatic heterocycles. The Labute approximate surface area is 90.6 Å². The Kier molecular flexibility index (Phi) is 3.18. The summed E-state index contributed by atoms with van der Waals surface area (Å²) in [7, 11) is 0. The summed E-state index contributed by atoms with van der Waals surface area (Å²) in [5.41, 5.74) is 2.31. The van der Waals surface area contributed by atoms with E-state index in [2.05, 4.69) is 30.2 Å². The van der Waals surface area contributed by atoms with Crippen molar-refractivity contribution in [1.82, 2.24) is 9.78 Å². The van der Waals surface area contributed by atoms with Gasteiger partial charge in [-0.2, -0.15) is 5.10 Å². The lowest BCUT2D eigenvalue weighted by Crippen LogP contribution is -1.95. The Morgan fingerprint density at radius 2 is 1.93 bits per heavy atom. The summed E-state index contributed by atoms with van der Waals surface area (Å²) in [6.07, 6.45) is 5.54. The van der Waals surface area contributed by atoms with Crippen LogP contribution in [0.1, 0.15) is 25.5 Å². The van der Waals surface area contributed by atoms with Crippen LogP contribution < -0.4 is 0 Å². The monoisotopic (exact) mass is 200 g/mol. The zero-order chi connectivity index (χ0) is 10.5. The number of hydrogen-bond donors (Lipinski definition) is 0. The minimum Gasteiger partial charge on any atom is -0.241 e. The molecule has 0 fully saturated rings. The third kappa shape index (κ3) is 2.46. The lowest BCUT2D eigenvalue weighted by Gasteiger charge is -1.99. The van der Waals surface area contributed by atoms with Gasteiger partial charge in [-0.15, -0.1) is 0 Å². The fraction of sp³-hybridized carbons (Fsp3) is 0.308. The summed E-state index contributed by atoms with van der Waals surface area (Å²) in [6, 6.07) is 12.3. The van der Waals surface area contributed by atoms with Gasteiger partial charge < -0.3 is 0 Å². The van der Waals surface area contributed by atoms with Crippen LogP contribution in [0.5, 0.6) is 0 Å². The van der Waals surface area contributed by atoms with E-state index < -0.39 is 0 Å². The fourth-order valence-electron chi connectivity index (χ4n) is 1.58. The number of benzene rings is 1. The third-order valence-electron chi connectivity index (χ3n) is 2.45. The Balaban J connectivity index is 2.14. The highest BCUT2D eigenvalue weighted by Gasteiger charge is 1.99. The molecule has 2 heteroatoms. The van der Waals surface area contributed by atoms with Crippen molar-refractivity contribution in [3.05, 3.63) is 48.3 Å². The van der Waals surface area contributed by atoms with Crippen LogP contribution in [0.25, 0.3) is 5.69 Å². The highest BCUT2D eigenvalue weighted by Crippen LogP contribution is 2.08. The van der Waals surface area contributed by atoms with Crippen LogP contribution in [-0.4, -0.2) is 9.78 Å². The predicted octanol–water partition coefficient (Wildman–Crippen LogP) is 3.21. The lowest BCUT2D eigenvalue weighted by atomic mass is 10.2. The van der Waals surface area contributed by atoms with Crippen LogP contribution in [0.2, 0.25) is 0 Å². The van der Waals surface area contributed by atoms with Gasteiger partial charge in [0.25, 0.3) is 0 Å². The van der Waals surface area contributed by atoms with Crippen LogP contribution in [0, 0.1) is 0 Å². The molecule has 0 aliphatic carbocycles. The van der Waals surface area contributed by atoms with Crippen molar-refractivity contribution in [3.63, 3.8) is 0 Å². The third-order valence-corrected chi connectivity index (χ3v) is 2.45. The summed E-state index contributed by atoms with van der Waals surface area (Å²) in [6.45, 7) is 2.20. The van der Waals surface area contributed by atoms with E-state index in [9.17, 15) is 0 Å². The van der Waals surface area contributed by atoms with E-state index >= 15 is 0 Å². The number of hydrogen-bond acceptors (Lipinski definition) is 1. The summed E-state index contributed by atoms with van der Waals surface area (Å²) in [5, 5.41) is 4.53. The zero-order valence-corrected chi connectivity index (χ0v) is 9.06. The zero-order valence-electron chi connectivity index (χ0n) is 9.06. The van der Waals surface area contributed by atoms with Crippen LogP contribution in [0.3, 0.4) is 0 Å². The van der Waals surface area contributed by atoms with E-state index in [0.717, 1.165) is 12.1 Å². The maximum absolute atomic E-state index is 4.53. The first-order valence-electron chi connectivity index (χ1n) is 5.50. The van der Waals surface area contributed by atoms with Crippen molar-refractivity contribution in [1.29, 1.82) is 0 Å². The summed E-state index contributed by atoms with van der Waals surface area (Å²) >= 11 is 0. The molecule has 0 aliphatic heterocycles. The van der Waals surface area contributed by atoms with E-state index in [1.54, 1.807) is 0 Å². The second kappa shape index (κ2) is 4.78. The molecule has 2 aromatic rings. The molecule has 2 rings (SSSR count). The second-order valence-electron chi connectivity index (χ2n) is 3.69. The number of nitrogens with zero attached hydrogens (tertiary/aromatic N) is 2.